The van der Waals surface area contributed by atoms with Crippen LogP contribution in [0.2, 0.25) is 0 Å². The SMILES string of the molecule is [N-]=[N+]=NCC(CN=[N+]=[N-])OCC(CN=O)N(N)C(=O)c1cnc2c(OCC3CCCCC3)cccn12. The Balaban J connectivity index is 1.71. The van der Waals surface area contributed by atoms with Gasteiger partial charge in [0.2, 0.25) is 0 Å². The quantitative estimate of drug-likeness (QED) is 0.0777. The van der Waals surface area contributed by atoms with Crippen LogP contribution >= 0.6 is 0 Å². The van der Waals surface area contributed by atoms with Gasteiger partial charge in [-0.05, 0) is 42.0 Å². The summed E-state index contributed by atoms with van der Waals surface area (Å²) in [7, 11) is 0. The number of nitrogens with zero attached hydrogens (tertiary/aromatic N) is 10. The fourth-order valence-corrected chi connectivity index (χ4v) is 4.09. The average Bonchev–Trinajstić information content (AvgIpc) is 3.35. The maximum atomic E-state index is 13.2. The molecule has 15 nitrogen and oxygen atoms in total. The first-order valence-corrected chi connectivity index (χ1v) is 11.7. The van der Waals surface area contributed by atoms with Crippen LogP contribution < -0.4 is 10.6 Å². The van der Waals surface area contributed by atoms with Crippen molar-refractivity contribution in [2.45, 2.75) is 44.2 Å². The third-order valence-corrected chi connectivity index (χ3v) is 6.05. The summed E-state index contributed by atoms with van der Waals surface area (Å²) in [5.74, 6) is 6.55. The van der Waals surface area contributed by atoms with E-state index in [2.05, 4.69) is 30.2 Å². The number of ether oxygens (including phenoxy) is 2. The summed E-state index contributed by atoms with van der Waals surface area (Å²) in [6, 6.07) is 2.64. The lowest BCUT2D eigenvalue weighted by atomic mass is 9.90. The van der Waals surface area contributed by atoms with Crippen molar-refractivity contribution >= 4 is 11.6 Å². The lowest BCUT2D eigenvalue weighted by Gasteiger charge is -2.26. The van der Waals surface area contributed by atoms with Gasteiger partial charge < -0.3 is 9.47 Å². The van der Waals surface area contributed by atoms with Crippen molar-refractivity contribution in [2.75, 3.05) is 32.8 Å². The van der Waals surface area contributed by atoms with Gasteiger partial charge in [0.05, 0.1) is 44.6 Å². The summed E-state index contributed by atoms with van der Waals surface area (Å²) in [6.45, 7) is -0.161. The normalized spacial score (nSPS) is 15.4. The van der Waals surface area contributed by atoms with Gasteiger partial charge in [-0.1, -0.05) is 34.7 Å². The highest BCUT2D eigenvalue weighted by molar-refractivity contribution is 5.93. The van der Waals surface area contributed by atoms with Crippen LogP contribution in [0.3, 0.4) is 0 Å². The number of hydrogen-bond donors (Lipinski definition) is 1. The molecule has 1 atom stereocenters. The number of amides is 1. The van der Waals surface area contributed by atoms with E-state index in [1.54, 1.807) is 22.7 Å². The molecule has 1 aliphatic carbocycles. The number of imidazole rings is 1. The molecule has 3 rings (SSSR count). The number of carbonyl (C=O) groups is 1. The van der Waals surface area contributed by atoms with E-state index in [0.717, 1.165) is 17.9 Å². The van der Waals surface area contributed by atoms with E-state index in [-0.39, 0.29) is 31.9 Å². The van der Waals surface area contributed by atoms with E-state index < -0.39 is 18.1 Å². The molecular formula is C21H29N11O4. The molecule has 1 unspecified atom stereocenters. The highest BCUT2D eigenvalue weighted by atomic mass is 16.5. The summed E-state index contributed by atoms with van der Waals surface area (Å²) in [5, 5.41) is 10.5. The number of nitrogens with two attached hydrogens (primary N) is 1. The van der Waals surface area contributed by atoms with Crippen molar-refractivity contribution in [3.63, 3.8) is 0 Å². The monoisotopic (exact) mass is 499 g/mol. The van der Waals surface area contributed by atoms with Gasteiger partial charge >= 0.3 is 0 Å². The smallest absolute Gasteiger partial charge is 0.286 e. The molecule has 2 aromatic rings. The third-order valence-electron chi connectivity index (χ3n) is 6.05. The number of nitroso groups, excluding NO2 is 1. The first-order valence-electron chi connectivity index (χ1n) is 11.7. The van der Waals surface area contributed by atoms with Crippen molar-refractivity contribution in [1.29, 1.82) is 0 Å². The molecule has 1 saturated carbocycles. The Morgan fingerprint density at radius 1 is 1.22 bits per heavy atom. The van der Waals surface area contributed by atoms with Gasteiger partial charge in [0, 0.05) is 16.0 Å². The van der Waals surface area contributed by atoms with Crippen molar-refractivity contribution in [1.82, 2.24) is 14.4 Å². The van der Waals surface area contributed by atoms with Crippen LogP contribution in [-0.2, 0) is 4.74 Å². The van der Waals surface area contributed by atoms with Crippen LogP contribution in [0.5, 0.6) is 5.75 Å². The lowest BCUT2D eigenvalue weighted by molar-refractivity contribution is 0.0170. The molecule has 1 fully saturated rings. The summed E-state index contributed by atoms with van der Waals surface area (Å²) in [6.07, 6.45) is 8.29. The molecule has 0 radical (unpaired) electrons. The van der Waals surface area contributed by atoms with E-state index in [4.69, 9.17) is 26.4 Å². The number of hydrazine groups is 1. The molecule has 0 saturated heterocycles. The standard InChI is InChI=1S/C21H29N11O4/c22-29-26-10-17(11-27-30-23)35-14-16(9-28-34)32(24)21(33)18-12-25-20-19(7-4-8-31(18)20)36-13-15-5-2-1-3-6-15/h4,7-8,12,15-17H,1-3,5-6,9-11,13-14,24H2. The molecule has 2 aromatic heterocycles. The second-order valence-corrected chi connectivity index (χ2v) is 8.48. The highest BCUT2D eigenvalue weighted by Gasteiger charge is 2.27. The van der Waals surface area contributed by atoms with Gasteiger partial charge in [-0.3, -0.25) is 14.2 Å². The maximum Gasteiger partial charge on any atom is 0.286 e. The molecular weight excluding hydrogens is 470 g/mol. The molecule has 1 aliphatic rings. The number of hydrogen-bond acceptors (Lipinski definition) is 9. The number of carbonyl (C=O) groups excluding carboxylic acids is 1. The zero-order valence-corrected chi connectivity index (χ0v) is 19.8. The number of pyridine rings is 1. The third kappa shape index (κ3) is 7.06. The summed E-state index contributed by atoms with van der Waals surface area (Å²) < 4.78 is 13.2. The zero-order chi connectivity index (χ0) is 25.8. The minimum Gasteiger partial charge on any atom is -0.489 e. The fraction of sp³-hybridized carbons (Fsp3) is 0.619. The minimum absolute atomic E-state index is 0.105. The van der Waals surface area contributed by atoms with Gasteiger partial charge in [-0.2, -0.15) is 4.91 Å². The van der Waals surface area contributed by atoms with Gasteiger partial charge in [0.1, 0.15) is 12.2 Å². The molecule has 2 N–H and O–H groups in total. The van der Waals surface area contributed by atoms with E-state index in [1.165, 1.54) is 25.5 Å². The fourth-order valence-electron chi connectivity index (χ4n) is 4.09. The highest BCUT2D eigenvalue weighted by Crippen LogP contribution is 2.26. The molecule has 0 spiro atoms. The van der Waals surface area contributed by atoms with Crippen molar-refractivity contribution in [3.05, 3.63) is 56.0 Å². The Morgan fingerprint density at radius 3 is 2.61 bits per heavy atom. The van der Waals surface area contributed by atoms with Crippen LogP contribution in [0.25, 0.3) is 26.5 Å². The number of azide groups is 2. The molecule has 2 heterocycles. The number of fused-ring (bicyclic) bond motifs is 1. The zero-order valence-electron chi connectivity index (χ0n) is 19.8. The molecule has 36 heavy (non-hydrogen) atoms. The predicted molar refractivity (Wildman–Crippen MR) is 130 cm³/mol. The second kappa shape index (κ2) is 13.9. The van der Waals surface area contributed by atoms with E-state index >= 15 is 0 Å². The van der Waals surface area contributed by atoms with Crippen molar-refractivity contribution < 1.29 is 14.3 Å². The van der Waals surface area contributed by atoms with E-state index in [1.807, 2.05) is 0 Å². The number of rotatable bonds is 14. The van der Waals surface area contributed by atoms with Gasteiger partial charge in [-0.25, -0.2) is 10.8 Å². The Kier molecular flexibility index (Phi) is 10.3. The average molecular weight is 500 g/mol. The second-order valence-electron chi connectivity index (χ2n) is 8.48. The van der Waals surface area contributed by atoms with Crippen LogP contribution in [0.15, 0.2) is 39.9 Å². The molecule has 1 amide bonds. The Morgan fingerprint density at radius 2 is 1.94 bits per heavy atom. The van der Waals surface area contributed by atoms with Crippen LogP contribution in [0.1, 0.15) is 42.6 Å². The number of aromatic nitrogens is 2. The summed E-state index contributed by atoms with van der Waals surface area (Å²) in [5.41, 5.74) is 17.7. The first-order chi connectivity index (χ1) is 17.6. The van der Waals surface area contributed by atoms with Gasteiger partial charge in [0.25, 0.3) is 5.91 Å². The molecule has 15 heteroatoms. The van der Waals surface area contributed by atoms with E-state index in [0.29, 0.717) is 23.9 Å². The van der Waals surface area contributed by atoms with Crippen molar-refractivity contribution in [3.8, 4) is 5.75 Å². The molecule has 0 aliphatic heterocycles. The van der Waals surface area contributed by atoms with Crippen LogP contribution in [0.4, 0.5) is 0 Å². The van der Waals surface area contributed by atoms with Crippen molar-refractivity contribution in [2.24, 2.45) is 27.2 Å². The summed E-state index contributed by atoms with van der Waals surface area (Å²) in [4.78, 5) is 33.9. The van der Waals surface area contributed by atoms with Crippen LogP contribution in [0, 0.1) is 10.8 Å². The van der Waals surface area contributed by atoms with E-state index in [9.17, 15) is 9.70 Å². The predicted octanol–water partition coefficient (Wildman–Crippen LogP) is 3.75. The van der Waals surface area contributed by atoms with Gasteiger partial charge in [0.15, 0.2) is 11.4 Å². The van der Waals surface area contributed by atoms with Gasteiger partial charge in [-0.15, -0.1) is 0 Å². The largest absolute Gasteiger partial charge is 0.489 e. The maximum absolute atomic E-state index is 13.2. The Bertz CT molecular complexity index is 1100. The molecule has 0 aromatic carbocycles. The minimum atomic E-state index is -0.925. The Hall–Kier alpha value is -3.90. The molecule has 192 valence electrons. The summed E-state index contributed by atoms with van der Waals surface area (Å²) >= 11 is 0. The molecule has 0 bridgehead atoms. The first kappa shape index (κ1) is 26.7. The lowest BCUT2D eigenvalue weighted by Crippen LogP contribution is -2.50. The Labute approximate surface area is 206 Å². The van der Waals surface area contributed by atoms with Crippen LogP contribution in [-0.4, -0.2) is 65.3 Å². The topological polar surface area (TPSA) is 209 Å².